The predicted molar refractivity (Wildman–Crippen MR) is 80.3 cm³/mol. The molecule has 5 heteroatoms. The van der Waals surface area contributed by atoms with Crippen molar-refractivity contribution in [2.24, 2.45) is 5.92 Å². The molecule has 1 saturated heterocycles. The number of amides is 1. The first-order valence-electron chi connectivity index (χ1n) is 7.61. The summed E-state index contributed by atoms with van der Waals surface area (Å²) in [7, 11) is 0. The number of carbonyl (C=O) groups is 1. The summed E-state index contributed by atoms with van der Waals surface area (Å²) in [5, 5.41) is 9.92. The van der Waals surface area contributed by atoms with E-state index in [-0.39, 0.29) is 17.9 Å². The molecule has 1 amide bonds. The molecule has 0 saturated carbocycles. The minimum absolute atomic E-state index is 0.0699. The number of hydrogen-bond donors (Lipinski definition) is 1. The highest BCUT2D eigenvalue weighted by atomic mass is 16.5. The second-order valence-electron chi connectivity index (χ2n) is 5.80. The van der Waals surface area contributed by atoms with Crippen molar-refractivity contribution in [3.8, 4) is 5.88 Å². The van der Waals surface area contributed by atoms with Gasteiger partial charge in [-0.3, -0.25) is 4.79 Å². The molecule has 1 aromatic rings. The van der Waals surface area contributed by atoms with Crippen LogP contribution < -0.4 is 4.74 Å². The van der Waals surface area contributed by atoms with E-state index in [2.05, 4.69) is 4.98 Å². The molecule has 116 valence electrons. The van der Waals surface area contributed by atoms with Crippen LogP contribution in [0.2, 0.25) is 0 Å². The summed E-state index contributed by atoms with van der Waals surface area (Å²) in [5.41, 5.74) is 0.560. The highest BCUT2D eigenvalue weighted by Crippen LogP contribution is 2.20. The maximum atomic E-state index is 12.5. The molecule has 1 N–H and O–H groups in total. The second-order valence-corrected chi connectivity index (χ2v) is 5.80. The van der Waals surface area contributed by atoms with E-state index in [1.165, 1.54) is 0 Å². The van der Waals surface area contributed by atoms with E-state index in [0.717, 1.165) is 12.8 Å². The molecule has 2 heterocycles. The Morgan fingerprint density at radius 2 is 2.38 bits per heavy atom. The Kier molecular flexibility index (Phi) is 5.17. The number of pyridine rings is 1. The van der Waals surface area contributed by atoms with Crippen molar-refractivity contribution in [2.45, 2.75) is 45.8 Å². The van der Waals surface area contributed by atoms with E-state index in [9.17, 15) is 9.90 Å². The normalized spacial score (nSPS) is 23.7. The fraction of sp³-hybridized carbons (Fsp3) is 0.625. The van der Waals surface area contributed by atoms with Crippen molar-refractivity contribution < 1.29 is 14.6 Å². The molecule has 5 nitrogen and oxygen atoms in total. The van der Waals surface area contributed by atoms with Crippen LogP contribution in [-0.2, 0) is 0 Å². The van der Waals surface area contributed by atoms with Crippen molar-refractivity contribution in [1.82, 2.24) is 9.88 Å². The van der Waals surface area contributed by atoms with Gasteiger partial charge in [-0.05, 0) is 31.7 Å². The van der Waals surface area contributed by atoms with E-state index in [4.69, 9.17) is 4.74 Å². The maximum Gasteiger partial charge on any atom is 0.254 e. The quantitative estimate of drug-likeness (QED) is 0.923. The van der Waals surface area contributed by atoms with Gasteiger partial charge in [0.1, 0.15) is 0 Å². The third-order valence-electron chi connectivity index (χ3n) is 4.08. The average Bonchev–Trinajstić information content (AvgIpc) is 2.49. The number of rotatable bonds is 4. The van der Waals surface area contributed by atoms with Gasteiger partial charge < -0.3 is 14.7 Å². The number of carbonyl (C=O) groups excluding carboxylic acids is 1. The molecular weight excluding hydrogens is 268 g/mol. The zero-order chi connectivity index (χ0) is 15.4. The van der Waals surface area contributed by atoms with E-state index >= 15 is 0 Å². The Morgan fingerprint density at radius 3 is 3.05 bits per heavy atom. The number of aliphatic hydroxyl groups excluding tert-OH is 1. The highest BCUT2D eigenvalue weighted by Gasteiger charge is 2.28. The van der Waals surface area contributed by atoms with Gasteiger partial charge in [0, 0.05) is 30.9 Å². The number of likely N-dealkylation sites (tertiary alicyclic amines) is 1. The zero-order valence-corrected chi connectivity index (χ0v) is 13.0. The van der Waals surface area contributed by atoms with Crippen LogP contribution in [0.3, 0.4) is 0 Å². The van der Waals surface area contributed by atoms with Gasteiger partial charge in [-0.15, -0.1) is 0 Å². The van der Waals surface area contributed by atoms with Crippen LogP contribution in [0.1, 0.15) is 44.0 Å². The maximum absolute atomic E-state index is 12.5. The number of ether oxygens (including phenoxy) is 1. The smallest absolute Gasteiger partial charge is 0.254 e. The van der Waals surface area contributed by atoms with Crippen molar-refractivity contribution in [3.63, 3.8) is 0 Å². The van der Waals surface area contributed by atoms with Crippen molar-refractivity contribution in [1.29, 1.82) is 0 Å². The topological polar surface area (TPSA) is 62.7 Å². The lowest BCUT2D eigenvalue weighted by molar-refractivity contribution is 0.0248. The number of hydrogen-bond acceptors (Lipinski definition) is 4. The molecule has 0 aliphatic carbocycles. The molecule has 0 radical (unpaired) electrons. The fourth-order valence-electron chi connectivity index (χ4n) is 2.31. The number of aromatic nitrogens is 1. The molecule has 21 heavy (non-hydrogen) atoms. The standard InChI is InChI=1S/C16H24N2O3/c1-4-12(3)21-15-9-13(5-7-17-15)16(20)18-8-6-11(2)14(19)10-18/h5,7,9,11-12,14,19H,4,6,8,10H2,1-3H3/t11-,12-,14+/m0/s1. The monoisotopic (exact) mass is 292 g/mol. The lowest BCUT2D eigenvalue weighted by atomic mass is 9.95. The van der Waals surface area contributed by atoms with Crippen LogP contribution in [0.4, 0.5) is 0 Å². The highest BCUT2D eigenvalue weighted by molar-refractivity contribution is 5.94. The molecule has 1 aromatic heterocycles. The Balaban J connectivity index is 2.07. The Bertz CT molecular complexity index is 492. The summed E-state index contributed by atoms with van der Waals surface area (Å²) in [4.78, 5) is 18.3. The van der Waals surface area contributed by atoms with Gasteiger partial charge in [0.25, 0.3) is 5.91 Å². The van der Waals surface area contributed by atoms with Crippen LogP contribution in [0.5, 0.6) is 5.88 Å². The molecule has 2 rings (SSSR count). The van der Waals surface area contributed by atoms with E-state index in [1.807, 2.05) is 20.8 Å². The fourth-order valence-corrected chi connectivity index (χ4v) is 2.31. The number of aliphatic hydroxyl groups is 1. The Morgan fingerprint density at radius 1 is 1.62 bits per heavy atom. The summed E-state index contributed by atoms with van der Waals surface area (Å²) in [6.45, 7) is 7.09. The van der Waals surface area contributed by atoms with Crippen LogP contribution in [0.25, 0.3) is 0 Å². The summed E-state index contributed by atoms with van der Waals surface area (Å²) >= 11 is 0. The van der Waals surface area contributed by atoms with Crippen LogP contribution >= 0.6 is 0 Å². The largest absolute Gasteiger partial charge is 0.475 e. The van der Waals surface area contributed by atoms with Gasteiger partial charge in [-0.25, -0.2) is 4.98 Å². The molecule has 1 aliphatic rings. The number of piperidine rings is 1. The summed E-state index contributed by atoms with van der Waals surface area (Å²) in [6, 6.07) is 3.37. The minimum atomic E-state index is -0.444. The van der Waals surface area contributed by atoms with Gasteiger partial charge >= 0.3 is 0 Å². The average molecular weight is 292 g/mol. The third-order valence-corrected chi connectivity index (χ3v) is 4.08. The van der Waals surface area contributed by atoms with Crippen LogP contribution in [0, 0.1) is 5.92 Å². The van der Waals surface area contributed by atoms with E-state index < -0.39 is 6.10 Å². The third kappa shape index (κ3) is 3.94. The van der Waals surface area contributed by atoms with Crippen molar-refractivity contribution in [3.05, 3.63) is 23.9 Å². The van der Waals surface area contributed by atoms with Gasteiger partial charge in [-0.1, -0.05) is 13.8 Å². The minimum Gasteiger partial charge on any atom is -0.475 e. The number of β-amino-alcohol motifs (C(OH)–C–C–N with tert-alkyl or cyclic N) is 1. The molecule has 0 bridgehead atoms. The summed E-state index contributed by atoms with van der Waals surface area (Å²) in [5.74, 6) is 0.647. The lowest BCUT2D eigenvalue weighted by Gasteiger charge is -2.34. The molecule has 0 unspecified atom stereocenters. The van der Waals surface area contributed by atoms with Crippen LogP contribution in [-0.4, -0.2) is 46.2 Å². The molecular formula is C16H24N2O3. The van der Waals surface area contributed by atoms with Gasteiger partial charge in [-0.2, -0.15) is 0 Å². The van der Waals surface area contributed by atoms with Crippen molar-refractivity contribution >= 4 is 5.91 Å². The molecule has 0 aromatic carbocycles. The lowest BCUT2D eigenvalue weighted by Crippen LogP contribution is -2.45. The summed E-state index contributed by atoms with van der Waals surface area (Å²) in [6.07, 6.45) is 2.93. The number of nitrogens with zero attached hydrogens (tertiary/aromatic N) is 2. The first-order valence-corrected chi connectivity index (χ1v) is 7.61. The van der Waals surface area contributed by atoms with Crippen molar-refractivity contribution in [2.75, 3.05) is 13.1 Å². The van der Waals surface area contributed by atoms with Gasteiger partial charge in [0.2, 0.25) is 5.88 Å². The second kappa shape index (κ2) is 6.89. The first-order chi connectivity index (χ1) is 10.0. The molecule has 1 aliphatic heterocycles. The van der Waals surface area contributed by atoms with E-state index in [1.54, 1.807) is 23.2 Å². The zero-order valence-electron chi connectivity index (χ0n) is 13.0. The van der Waals surface area contributed by atoms with Crippen LogP contribution in [0.15, 0.2) is 18.3 Å². The molecule has 1 fully saturated rings. The predicted octanol–water partition coefficient (Wildman–Crippen LogP) is 2.10. The van der Waals surface area contributed by atoms with Gasteiger partial charge in [0.15, 0.2) is 0 Å². The van der Waals surface area contributed by atoms with Gasteiger partial charge in [0.05, 0.1) is 12.2 Å². The molecule has 3 atom stereocenters. The van der Waals surface area contributed by atoms with E-state index in [0.29, 0.717) is 24.5 Å². The Hall–Kier alpha value is -1.62. The summed E-state index contributed by atoms with van der Waals surface area (Å²) < 4.78 is 5.65. The Labute approximate surface area is 125 Å². The SMILES string of the molecule is CC[C@H](C)Oc1cc(C(=O)N2CC[C@H](C)[C@H](O)C2)ccn1. The first kappa shape index (κ1) is 15.8. The molecule has 0 spiro atoms.